The third kappa shape index (κ3) is 5.43. The molecule has 1 aromatic rings. The van der Waals surface area contributed by atoms with E-state index in [-0.39, 0.29) is 25.1 Å². The number of rotatable bonds is 4. The van der Waals surface area contributed by atoms with E-state index in [0.717, 1.165) is 4.90 Å². The number of carbonyl (C=O) groups is 2. The highest BCUT2D eigenvalue weighted by molar-refractivity contribution is 6.03. The largest absolute Gasteiger partial charge is 0.497 e. The van der Waals surface area contributed by atoms with Gasteiger partial charge < -0.3 is 25.7 Å². The first kappa shape index (κ1) is 24.2. The van der Waals surface area contributed by atoms with E-state index in [2.05, 4.69) is 26.2 Å². The van der Waals surface area contributed by atoms with Gasteiger partial charge in [0.2, 0.25) is 0 Å². The lowest BCUT2D eigenvalue weighted by molar-refractivity contribution is 0.0410. The Labute approximate surface area is 201 Å². The second-order valence-corrected chi connectivity index (χ2v) is 8.92. The van der Waals surface area contributed by atoms with Crippen LogP contribution in [0.25, 0.3) is 0 Å². The molecule has 186 valence electrons. The number of benzene rings is 1. The summed E-state index contributed by atoms with van der Waals surface area (Å²) in [5, 5.41) is 30.0. The average Bonchev–Trinajstić information content (AvgIpc) is 3.21. The molecular weight excluding hydrogens is 459 g/mol. The van der Waals surface area contributed by atoms with Gasteiger partial charge in [-0.2, -0.15) is 5.10 Å². The number of urea groups is 1. The van der Waals surface area contributed by atoms with Crippen molar-refractivity contribution < 1.29 is 28.9 Å². The molecule has 1 aromatic carbocycles. The number of fused-ring (bicyclic) bond motifs is 1. The number of carboxylic acid groups (broad SMARTS) is 1. The molecule has 3 amide bonds. The highest BCUT2D eigenvalue weighted by atomic mass is 19.1. The van der Waals surface area contributed by atoms with Gasteiger partial charge in [0.25, 0.3) is 0 Å². The molecular formula is C23H27FN6O5. The van der Waals surface area contributed by atoms with Crippen LogP contribution in [-0.4, -0.2) is 63.7 Å². The molecule has 2 unspecified atom stereocenters. The van der Waals surface area contributed by atoms with Crippen LogP contribution in [0, 0.1) is 11.7 Å². The number of ether oxygens (including phenoxy) is 1. The van der Waals surface area contributed by atoms with Crippen molar-refractivity contribution >= 4 is 23.8 Å². The summed E-state index contributed by atoms with van der Waals surface area (Å²) in [5.41, 5.74) is 2.62. The maximum absolute atomic E-state index is 13.3. The second-order valence-electron chi connectivity index (χ2n) is 8.92. The summed E-state index contributed by atoms with van der Waals surface area (Å²) in [4.78, 5) is 30.2. The summed E-state index contributed by atoms with van der Waals surface area (Å²) in [7, 11) is 0. The number of hydrogen-bond donors (Lipinski definition) is 5. The number of aliphatic hydroxyl groups is 1. The molecule has 3 atom stereocenters. The van der Waals surface area contributed by atoms with Crippen molar-refractivity contribution in [3.8, 4) is 0 Å². The Morgan fingerprint density at radius 1 is 1.31 bits per heavy atom. The fraction of sp³-hybridized carbons (Fsp3) is 0.391. The molecule has 35 heavy (non-hydrogen) atoms. The fourth-order valence-corrected chi connectivity index (χ4v) is 4.19. The van der Waals surface area contributed by atoms with E-state index in [0.29, 0.717) is 29.4 Å². The Morgan fingerprint density at radius 2 is 2.06 bits per heavy atom. The molecule has 3 aliphatic heterocycles. The molecule has 0 bridgehead atoms. The maximum Gasteiger partial charge on any atom is 0.417 e. The van der Waals surface area contributed by atoms with Crippen LogP contribution in [0.3, 0.4) is 0 Å². The van der Waals surface area contributed by atoms with Gasteiger partial charge in [-0.3, -0.25) is 10.3 Å². The van der Waals surface area contributed by atoms with E-state index >= 15 is 0 Å². The molecule has 0 aliphatic carbocycles. The lowest BCUT2D eigenvalue weighted by Crippen LogP contribution is -2.51. The lowest BCUT2D eigenvalue weighted by atomic mass is 9.92. The number of allylic oxidation sites excluding steroid dienone is 1. The fourth-order valence-electron chi connectivity index (χ4n) is 4.19. The quantitative estimate of drug-likeness (QED) is 0.440. The predicted octanol–water partition coefficient (Wildman–Crippen LogP) is 2.05. The predicted molar refractivity (Wildman–Crippen MR) is 125 cm³/mol. The molecule has 0 radical (unpaired) electrons. The number of nitrogens with zero attached hydrogens (tertiary/aromatic N) is 3. The summed E-state index contributed by atoms with van der Waals surface area (Å²) in [6, 6.07) is 3.88. The van der Waals surface area contributed by atoms with Crippen LogP contribution in [0.1, 0.15) is 31.9 Å². The van der Waals surface area contributed by atoms with Crippen LogP contribution in [0.2, 0.25) is 0 Å². The normalized spacial score (nSPS) is 21.9. The van der Waals surface area contributed by atoms with Crippen LogP contribution in [0.15, 0.2) is 58.5 Å². The zero-order valence-corrected chi connectivity index (χ0v) is 19.2. The van der Waals surface area contributed by atoms with E-state index in [1.54, 1.807) is 26.0 Å². The van der Waals surface area contributed by atoms with Gasteiger partial charge in [0.15, 0.2) is 0 Å². The van der Waals surface area contributed by atoms with Crippen molar-refractivity contribution in [3.63, 3.8) is 0 Å². The number of halogens is 1. The molecule has 12 heteroatoms. The first-order chi connectivity index (χ1) is 16.6. The van der Waals surface area contributed by atoms with Gasteiger partial charge in [-0.15, -0.1) is 0 Å². The van der Waals surface area contributed by atoms with Gasteiger partial charge in [-0.25, -0.2) is 18.9 Å². The van der Waals surface area contributed by atoms with Crippen molar-refractivity contribution in [2.75, 3.05) is 13.2 Å². The Balaban J connectivity index is 1.42. The summed E-state index contributed by atoms with van der Waals surface area (Å²) in [5.74, 6) is -0.00503. The first-order valence-corrected chi connectivity index (χ1v) is 11.1. The Bertz CT molecular complexity index is 1110. The van der Waals surface area contributed by atoms with Crippen LogP contribution in [0.4, 0.5) is 14.0 Å². The Morgan fingerprint density at radius 3 is 2.69 bits per heavy atom. The summed E-state index contributed by atoms with van der Waals surface area (Å²) in [6.45, 7) is 3.57. The lowest BCUT2D eigenvalue weighted by Gasteiger charge is -2.32. The number of nitrogens with one attached hydrogen (secondary N) is 3. The smallest absolute Gasteiger partial charge is 0.417 e. The van der Waals surface area contributed by atoms with E-state index in [1.807, 2.05) is 0 Å². The number of aliphatic imine (C=N–C) groups is 1. The van der Waals surface area contributed by atoms with E-state index in [9.17, 15) is 24.2 Å². The zero-order valence-electron chi connectivity index (χ0n) is 19.2. The second kappa shape index (κ2) is 9.74. The number of hydrogen-bond acceptors (Lipinski definition) is 7. The molecule has 0 saturated carbocycles. The van der Waals surface area contributed by atoms with Gasteiger partial charge in [0, 0.05) is 6.42 Å². The molecule has 4 rings (SSSR count). The topological polar surface area (TPSA) is 148 Å². The Hall–Kier alpha value is -3.93. The van der Waals surface area contributed by atoms with Crippen molar-refractivity contribution in [1.82, 2.24) is 21.0 Å². The van der Waals surface area contributed by atoms with Gasteiger partial charge in [-0.05, 0) is 43.7 Å². The van der Waals surface area contributed by atoms with E-state index < -0.39 is 29.6 Å². The van der Waals surface area contributed by atoms with Crippen LogP contribution in [0.5, 0.6) is 0 Å². The molecule has 3 aliphatic rings. The summed E-state index contributed by atoms with van der Waals surface area (Å²) < 4.78 is 18.4. The molecule has 0 fully saturated rings. The van der Waals surface area contributed by atoms with E-state index in [1.165, 1.54) is 30.5 Å². The van der Waals surface area contributed by atoms with Crippen molar-refractivity contribution in [3.05, 3.63) is 59.8 Å². The van der Waals surface area contributed by atoms with Gasteiger partial charge in [0.05, 0.1) is 42.1 Å². The van der Waals surface area contributed by atoms with Gasteiger partial charge in [-0.1, -0.05) is 12.1 Å². The highest BCUT2D eigenvalue weighted by Gasteiger charge is 2.41. The number of amidine groups is 2. The van der Waals surface area contributed by atoms with Crippen molar-refractivity contribution in [2.24, 2.45) is 16.0 Å². The van der Waals surface area contributed by atoms with Crippen LogP contribution in [-0.2, 0) is 4.74 Å². The number of amides is 3. The molecule has 3 heterocycles. The third-order valence-corrected chi connectivity index (χ3v) is 5.90. The summed E-state index contributed by atoms with van der Waals surface area (Å²) >= 11 is 0. The minimum Gasteiger partial charge on any atom is -0.497 e. The van der Waals surface area contributed by atoms with Crippen LogP contribution >= 0.6 is 0 Å². The number of hydrazone groups is 1. The molecule has 0 aromatic heterocycles. The minimum absolute atomic E-state index is 0.219. The monoisotopic (exact) mass is 486 g/mol. The van der Waals surface area contributed by atoms with Gasteiger partial charge >= 0.3 is 12.1 Å². The van der Waals surface area contributed by atoms with Crippen LogP contribution < -0.4 is 16.1 Å². The molecule has 0 saturated heterocycles. The van der Waals surface area contributed by atoms with Crippen molar-refractivity contribution in [1.29, 1.82) is 0 Å². The third-order valence-electron chi connectivity index (χ3n) is 5.90. The molecule has 11 nitrogen and oxygen atoms in total. The van der Waals surface area contributed by atoms with Gasteiger partial charge in [0.1, 0.15) is 24.1 Å². The van der Waals surface area contributed by atoms with Crippen molar-refractivity contribution in [2.45, 2.75) is 38.0 Å². The molecule has 5 N–H and O–H groups in total. The highest BCUT2D eigenvalue weighted by Crippen LogP contribution is 2.27. The Kier molecular flexibility index (Phi) is 6.74. The average molecular weight is 487 g/mol. The SMILES string of the molecule is CC(C)(O)[C@@H](NC(=O)NC1=NCC2C(N(C(=O)O)C3=CCOC=C3)=NNC2C1)c1ccc(F)cc1. The first-order valence-electron chi connectivity index (χ1n) is 11.1. The number of carbonyl (C=O) groups excluding carboxylic acids is 1. The molecule has 0 spiro atoms. The maximum atomic E-state index is 13.3. The standard InChI is InChI=1S/C23H27FN6O5/c1-23(2,34)19(13-3-5-14(24)6-4-13)27-21(31)26-18-11-17-16(12-25-18)20(29-28-17)30(22(32)33)15-7-9-35-10-8-15/h3-9,16-17,19,28,34H,10-12H2,1-2H3,(H,32,33)(H2,25,26,27,31)/t16?,17?,19-/m0/s1. The van der Waals surface area contributed by atoms with E-state index in [4.69, 9.17) is 4.74 Å². The summed E-state index contributed by atoms with van der Waals surface area (Å²) in [6.07, 6.45) is 3.76. The minimum atomic E-state index is -1.32. The zero-order chi connectivity index (χ0) is 25.2.